The number of aromatic nitrogens is 1. The number of hydrogen-bond donors (Lipinski definition) is 0. The predicted octanol–water partition coefficient (Wildman–Crippen LogP) is 5.03. The minimum atomic E-state index is -0.635. The zero-order valence-electron chi connectivity index (χ0n) is 20.9. The van der Waals surface area contributed by atoms with E-state index in [4.69, 9.17) is 26.1 Å². The number of carbonyl (C=O) groups is 1. The first kappa shape index (κ1) is 25.7. The molecule has 6 nitrogen and oxygen atoms in total. The Kier molecular flexibility index (Phi) is 7.58. The first-order chi connectivity index (χ1) is 18.5. The first-order valence-corrected chi connectivity index (χ1v) is 13.3. The summed E-state index contributed by atoms with van der Waals surface area (Å²) in [6.45, 7) is 2.23. The number of hydrogen-bond acceptors (Lipinski definition) is 6. The van der Waals surface area contributed by atoms with Crippen LogP contribution in [-0.2, 0) is 16.1 Å². The van der Waals surface area contributed by atoms with Gasteiger partial charge in [0.05, 0.1) is 29.0 Å². The summed E-state index contributed by atoms with van der Waals surface area (Å²) in [4.78, 5) is 32.0. The van der Waals surface area contributed by atoms with Gasteiger partial charge in [0.15, 0.2) is 4.80 Å². The first-order valence-electron chi connectivity index (χ1n) is 12.1. The number of para-hydroxylation sites is 1. The molecule has 0 spiro atoms. The monoisotopic (exact) mass is 544 g/mol. The third-order valence-corrected chi connectivity index (χ3v) is 7.66. The maximum Gasteiger partial charge on any atom is 0.338 e. The van der Waals surface area contributed by atoms with Crippen LogP contribution in [0, 0.1) is 0 Å². The molecule has 1 atom stereocenters. The van der Waals surface area contributed by atoms with Gasteiger partial charge in [0.25, 0.3) is 5.56 Å². The number of methoxy groups -OCH3 is 1. The summed E-state index contributed by atoms with van der Waals surface area (Å²) in [6.07, 6.45) is 2.33. The second-order valence-electron chi connectivity index (χ2n) is 8.62. The third kappa shape index (κ3) is 4.95. The minimum absolute atomic E-state index is 0.236. The average Bonchev–Trinajstić information content (AvgIpc) is 3.26. The van der Waals surface area contributed by atoms with Gasteiger partial charge in [-0.1, -0.05) is 96.6 Å². The predicted molar refractivity (Wildman–Crippen MR) is 149 cm³/mol. The van der Waals surface area contributed by atoms with Crippen molar-refractivity contribution in [2.24, 2.45) is 4.99 Å². The quantitative estimate of drug-likeness (QED) is 0.306. The fraction of sp³-hybridized carbons (Fsp3) is 0.167. The number of benzene rings is 3. The fourth-order valence-corrected chi connectivity index (χ4v) is 5.66. The van der Waals surface area contributed by atoms with Crippen LogP contribution < -0.4 is 19.6 Å². The van der Waals surface area contributed by atoms with Gasteiger partial charge in [-0.3, -0.25) is 9.36 Å². The Labute approximate surface area is 228 Å². The molecule has 5 rings (SSSR count). The summed E-state index contributed by atoms with van der Waals surface area (Å²) in [5.74, 6) is 0.134. The highest BCUT2D eigenvalue weighted by atomic mass is 35.5. The van der Waals surface area contributed by atoms with Gasteiger partial charge >= 0.3 is 5.97 Å². The number of ether oxygens (including phenoxy) is 2. The molecular formula is C30H25ClN2O4S. The highest BCUT2D eigenvalue weighted by Gasteiger charge is 2.33. The van der Waals surface area contributed by atoms with E-state index < -0.39 is 12.0 Å². The van der Waals surface area contributed by atoms with Crippen LogP contribution in [0.3, 0.4) is 0 Å². The Bertz CT molecular complexity index is 1710. The Hall–Kier alpha value is -3.94. The van der Waals surface area contributed by atoms with Crippen molar-refractivity contribution < 1.29 is 14.3 Å². The number of allylic oxidation sites excluding steroid dienone is 1. The van der Waals surface area contributed by atoms with Crippen molar-refractivity contribution in [3.63, 3.8) is 0 Å². The molecule has 0 amide bonds. The van der Waals surface area contributed by atoms with Gasteiger partial charge in [-0.05, 0) is 30.2 Å². The fourth-order valence-electron chi connectivity index (χ4n) is 4.46. The van der Waals surface area contributed by atoms with Crippen molar-refractivity contribution >= 4 is 35.0 Å². The molecule has 0 N–H and O–H groups in total. The molecule has 8 heteroatoms. The van der Waals surface area contributed by atoms with Crippen LogP contribution in [-0.4, -0.2) is 17.6 Å². The molecular weight excluding hydrogens is 520 g/mol. The molecule has 1 aliphatic rings. The van der Waals surface area contributed by atoms with Gasteiger partial charge in [0, 0.05) is 16.1 Å². The lowest BCUT2D eigenvalue weighted by Gasteiger charge is -2.25. The Morgan fingerprint density at radius 3 is 2.50 bits per heavy atom. The van der Waals surface area contributed by atoms with Crippen LogP contribution in [0.25, 0.3) is 6.08 Å². The van der Waals surface area contributed by atoms with Crippen LogP contribution in [0.1, 0.15) is 36.1 Å². The lowest BCUT2D eigenvalue weighted by atomic mass is 9.95. The van der Waals surface area contributed by atoms with Gasteiger partial charge in [-0.2, -0.15) is 0 Å². The minimum Gasteiger partial charge on any atom is -0.488 e. The molecule has 0 fully saturated rings. The van der Waals surface area contributed by atoms with Gasteiger partial charge in [0.1, 0.15) is 12.4 Å². The molecule has 0 aliphatic carbocycles. The van der Waals surface area contributed by atoms with Crippen LogP contribution in [0.4, 0.5) is 0 Å². The molecule has 0 bridgehead atoms. The molecule has 38 heavy (non-hydrogen) atoms. The normalized spacial score (nSPS) is 15.1. The summed E-state index contributed by atoms with van der Waals surface area (Å²) in [6, 6.07) is 23.9. The molecule has 4 aromatic rings. The maximum atomic E-state index is 13.8. The van der Waals surface area contributed by atoms with Crippen molar-refractivity contribution in [3.05, 3.63) is 132 Å². The largest absolute Gasteiger partial charge is 0.488 e. The van der Waals surface area contributed by atoms with Crippen molar-refractivity contribution in [1.82, 2.24) is 4.57 Å². The number of fused-ring (bicyclic) bond motifs is 1. The molecule has 2 heterocycles. The van der Waals surface area contributed by atoms with E-state index in [0.717, 1.165) is 16.7 Å². The summed E-state index contributed by atoms with van der Waals surface area (Å²) in [5.41, 5.74) is 3.19. The van der Waals surface area contributed by atoms with Crippen molar-refractivity contribution in [2.75, 3.05) is 7.11 Å². The topological polar surface area (TPSA) is 69.9 Å². The molecule has 1 aromatic heterocycles. The lowest BCUT2D eigenvalue weighted by Crippen LogP contribution is -2.40. The van der Waals surface area contributed by atoms with Crippen molar-refractivity contribution in [1.29, 1.82) is 0 Å². The standard InChI is InChI=1S/C30H25ClN2O4S/c1-3-23-26(29(35)36-2)27(19-11-5-4-6-12-19)33-28(34)25(38-30(33)32-23)17-20-13-8-10-16-24(20)37-18-21-14-7-9-15-22(21)31/h4-17,27H,3,18H2,1-2H3/b25-17+/t27-/m0/s1. The smallest absolute Gasteiger partial charge is 0.338 e. The number of nitrogens with zero attached hydrogens (tertiary/aromatic N) is 2. The van der Waals surface area contributed by atoms with Crippen LogP contribution in [0.15, 0.2) is 99.9 Å². The van der Waals surface area contributed by atoms with E-state index in [1.54, 1.807) is 10.6 Å². The maximum absolute atomic E-state index is 13.8. The average molecular weight is 545 g/mol. The number of halogens is 1. The van der Waals surface area contributed by atoms with E-state index >= 15 is 0 Å². The van der Waals surface area contributed by atoms with E-state index in [1.165, 1.54) is 18.4 Å². The molecule has 192 valence electrons. The van der Waals surface area contributed by atoms with Gasteiger partial charge in [0.2, 0.25) is 0 Å². The van der Waals surface area contributed by atoms with Crippen LogP contribution in [0.5, 0.6) is 5.75 Å². The van der Waals surface area contributed by atoms with Gasteiger partial charge < -0.3 is 9.47 Å². The molecule has 0 saturated carbocycles. The van der Waals surface area contributed by atoms with E-state index in [9.17, 15) is 9.59 Å². The Morgan fingerprint density at radius 2 is 1.76 bits per heavy atom. The third-order valence-electron chi connectivity index (χ3n) is 6.31. The highest BCUT2D eigenvalue weighted by Crippen LogP contribution is 2.31. The summed E-state index contributed by atoms with van der Waals surface area (Å²) < 4.78 is 13.3. The summed E-state index contributed by atoms with van der Waals surface area (Å²) in [5, 5.41) is 0.632. The van der Waals surface area contributed by atoms with E-state index in [-0.39, 0.29) is 5.56 Å². The Morgan fingerprint density at radius 1 is 1.05 bits per heavy atom. The van der Waals surface area contributed by atoms with Gasteiger partial charge in [-0.15, -0.1) is 0 Å². The molecule has 0 unspecified atom stereocenters. The summed E-state index contributed by atoms with van der Waals surface area (Å²) >= 11 is 7.58. The highest BCUT2D eigenvalue weighted by molar-refractivity contribution is 7.07. The van der Waals surface area contributed by atoms with E-state index in [1.807, 2.05) is 85.8 Å². The molecule has 3 aromatic carbocycles. The molecule has 0 saturated heterocycles. The summed E-state index contributed by atoms with van der Waals surface area (Å²) in [7, 11) is 1.34. The number of esters is 1. The number of thiazole rings is 1. The van der Waals surface area contributed by atoms with Gasteiger partial charge in [-0.25, -0.2) is 9.79 Å². The number of carbonyl (C=O) groups excluding carboxylic acids is 1. The van der Waals surface area contributed by atoms with E-state index in [0.29, 0.717) is 44.4 Å². The van der Waals surface area contributed by atoms with Crippen LogP contribution >= 0.6 is 22.9 Å². The zero-order valence-corrected chi connectivity index (χ0v) is 22.5. The Balaban J connectivity index is 1.62. The second-order valence-corrected chi connectivity index (χ2v) is 10.0. The number of rotatable bonds is 7. The van der Waals surface area contributed by atoms with Crippen molar-refractivity contribution in [3.8, 4) is 5.75 Å². The lowest BCUT2D eigenvalue weighted by molar-refractivity contribution is -0.136. The van der Waals surface area contributed by atoms with E-state index in [2.05, 4.69) is 0 Å². The second kappa shape index (κ2) is 11.2. The van der Waals surface area contributed by atoms with Crippen LogP contribution in [0.2, 0.25) is 5.02 Å². The zero-order chi connectivity index (χ0) is 26.6. The SMILES string of the molecule is CCC1=C(C(=O)OC)[C@H](c2ccccc2)n2c(s/c(=C/c3ccccc3OCc3ccccc3Cl)c2=O)=N1. The van der Waals surface area contributed by atoms with Crippen molar-refractivity contribution in [2.45, 2.75) is 26.0 Å². The molecule has 0 radical (unpaired) electrons. The molecule has 1 aliphatic heterocycles.